The van der Waals surface area contributed by atoms with Gasteiger partial charge in [-0.3, -0.25) is 9.59 Å². The largest absolute Gasteiger partial charge is 0.481 e. The highest BCUT2D eigenvalue weighted by molar-refractivity contribution is 7.89. The minimum atomic E-state index is -4.20. The van der Waals surface area contributed by atoms with E-state index in [9.17, 15) is 27.9 Å². The molecule has 0 radical (unpaired) electrons. The van der Waals surface area contributed by atoms with Crippen molar-refractivity contribution in [1.29, 1.82) is 0 Å². The average Bonchev–Trinajstić information content (AvgIpc) is 2.67. The van der Waals surface area contributed by atoms with Gasteiger partial charge in [-0.2, -0.15) is 4.72 Å². The van der Waals surface area contributed by atoms with Crippen molar-refractivity contribution >= 4 is 27.9 Å². The van der Waals surface area contributed by atoms with E-state index in [1.54, 1.807) is 49.4 Å². The van der Waals surface area contributed by atoms with Gasteiger partial charge in [0.2, 0.25) is 15.9 Å². The fourth-order valence-corrected chi connectivity index (χ4v) is 3.85. The molecule has 0 fully saturated rings. The fourth-order valence-electron chi connectivity index (χ4n) is 2.66. The number of hydrogen-bond acceptors (Lipinski definition) is 5. The predicted molar refractivity (Wildman–Crippen MR) is 107 cm³/mol. The second kappa shape index (κ2) is 9.99. The normalized spacial score (nSPS) is 13.2. The average molecular weight is 434 g/mol. The summed E-state index contributed by atoms with van der Waals surface area (Å²) in [5, 5.41) is 20.7. The number of aryl methyl sites for hydroxylation is 1. The van der Waals surface area contributed by atoms with Gasteiger partial charge < -0.3 is 15.5 Å². The maximum atomic E-state index is 12.6. The lowest BCUT2D eigenvalue weighted by molar-refractivity contribution is -0.142. The number of carbonyl (C=O) groups is 3. The number of aliphatic carboxylic acids is 2. The van der Waals surface area contributed by atoms with Crippen molar-refractivity contribution in [3.8, 4) is 0 Å². The molecule has 0 spiro atoms. The quantitative estimate of drug-likeness (QED) is 0.434. The van der Waals surface area contributed by atoms with E-state index >= 15 is 0 Å². The highest BCUT2D eigenvalue weighted by Gasteiger charge is 2.31. The number of rotatable bonds is 10. The van der Waals surface area contributed by atoms with Crippen LogP contribution in [0.25, 0.3) is 0 Å². The number of amides is 1. The van der Waals surface area contributed by atoms with Crippen LogP contribution in [0.15, 0.2) is 59.5 Å². The van der Waals surface area contributed by atoms with Gasteiger partial charge in [0, 0.05) is 6.42 Å². The second-order valence-corrected chi connectivity index (χ2v) is 8.39. The van der Waals surface area contributed by atoms with Crippen LogP contribution >= 0.6 is 0 Å². The van der Waals surface area contributed by atoms with E-state index in [2.05, 4.69) is 10.0 Å². The van der Waals surface area contributed by atoms with Crippen LogP contribution in [0.3, 0.4) is 0 Å². The Kier molecular flexibility index (Phi) is 7.67. The van der Waals surface area contributed by atoms with E-state index in [4.69, 9.17) is 5.11 Å². The summed E-state index contributed by atoms with van der Waals surface area (Å²) in [6.07, 6.45) is -0.902. The number of nitrogens with one attached hydrogen (secondary N) is 2. The summed E-state index contributed by atoms with van der Waals surface area (Å²) < 4.78 is 27.2. The second-order valence-electron chi connectivity index (χ2n) is 6.67. The zero-order valence-electron chi connectivity index (χ0n) is 16.1. The van der Waals surface area contributed by atoms with Gasteiger partial charge in [-0.15, -0.1) is 0 Å². The molecule has 0 aliphatic heterocycles. The molecule has 0 heterocycles. The van der Waals surface area contributed by atoms with Crippen LogP contribution in [-0.2, 0) is 30.8 Å². The third-order valence-electron chi connectivity index (χ3n) is 4.22. The monoisotopic (exact) mass is 434 g/mol. The van der Waals surface area contributed by atoms with E-state index in [0.29, 0.717) is 5.56 Å². The smallest absolute Gasteiger partial charge is 0.326 e. The first-order valence-electron chi connectivity index (χ1n) is 8.96. The van der Waals surface area contributed by atoms with E-state index in [0.717, 1.165) is 5.56 Å². The minimum absolute atomic E-state index is 0.0492. The Balaban J connectivity index is 2.20. The molecule has 1 amide bonds. The third-order valence-corrected chi connectivity index (χ3v) is 5.71. The van der Waals surface area contributed by atoms with Crippen LogP contribution in [0.4, 0.5) is 0 Å². The lowest BCUT2D eigenvalue weighted by atomic mass is 10.1. The van der Waals surface area contributed by atoms with Gasteiger partial charge in [0.25, 0.3) is 0 Å². The Bertz CT molecular complexity index is 1010. The topological polar surface area (TPSA) is 150 Å². The van der Waals surface area contributed by atoms with E-state index in [1.807, 2.05) is 0 Å². The molecule has 2 rings (SSSR count). The summed E-state index contributed by atoms with van der Waals surface area (Å²) in [7, 11) is -4.20. The molecule has 10 heteroatoms. The van der Waals surface area contributed by atoms with Gasteiger partial charge in [0.1, 0.15) is 12.1 Å². The van der Waals surface area contributed by atoms with Gasteiger partial charge in [-0.25, -0.2) is 13.2 Å². The Hall–Kier alpha value is -3.24. The van der Waals surface area contributed by atoms with E-state index < -0.39 is 46.4 Å². The van der Waals surface area contributed by atoms with Crippen molar-refractivity contribution in [2.45, 2.75) is 36.7 Å². The van der Waals surface area contributed by atoms with Crippen LogP contribution in [0, 0.1) is 6.92 Å². The predicted octanol–water partition coefficient (Wildman–Crippen LogP) is 0.929. The fraction of sp³-hybridized carbons (Fsp3) is 0.250. The van der Waals surface area contributed by atoms with Crippen LogP contribution in [0.2, 0.25) is 0 Å². The maximum absolute atomic E-state index is 12.6. The van der Waals surface area contributed by atoms with Crippen LogP contribution in [0.5, 0.6) is 0 Å². The molecule has 2 atom stereocenters. The number of carboxylic acids is 2. The van der Waals surface area contributed by atoms with Crippen molar-refractivity contribution in [3.63, 3.8) is 0 Å². The van der Waals surface area contributed by atoms with Crippen molar-refractivity contribution in [1.82, 2.24) is 10.0 Å². The van der Waals surface area contributed by atoms with Crippen LogP contribution in [0.1, 0.15) is 17.5 Å². The summed E-state index contributed by atoms with van der Waals surface area (Å²) in [5.74, 6) is -3.80. The molecule has 30 heavy (non-hydrogen) atoms. The molecule has 0 aromatic heterocycles. The molecule has 0 bridgehead atoms. The third kappa shape index (κ3) is 6.68. The molecule has 160 valence electrons. The Morgan fingerprint density at radius 3 is 2.07 bits per heavy atom. The Morgan fingerprint density at radius 1 is 0.933 bits per heavy atom. The van der Waals surface area contributed by atoms with Gasteiger partial charge in [-0.05, 0) is 24.6 Å². The molecule has 0 saturated carbocycles. The summed E-state index contributed by atoms with van der Waals surface area (Å²) in [4.78, 5) is 35.2. The SMILES string of the molecule is Cc1ccc(S(=O)(=O)N[C@@H](CC(=O)O)C(=O)N[C@@H](Cc2ccccc2)C(=O)O)cc1. The zero-order valence-corrected chi connectivity index (χ0v) is 16.9. The number of sulfonamides is 1. The van der Waals surface area contributed by atoms with Crippen molar-refractivity contribution in [2.24, 2.45) is 0 Å². The lowest BCUT2D eigenvalue weighted by Gasteiger charge is -2.20. The molecule has 2 aromatic carbocycles. The highest BCUT2D eigenvalue weighted by atomic mass is 32.2. The molecule has 0 saturated heterocycles. The summed E-state index contributed by atoms with van der Waals surface area (Å²) in [6.45, 7) is 1.77. The molecule has 2 aromatic rings. The minimum Gasteiger partial charge on any atom is -0.481 e. The Labute approximate surface area is 173 Å². The zero-order chi connectivity index (χ0) is 22.3. The number of hydrogen-bond donors (Lipinski definition) is 4. The molecule has 9 nitrogen and oxygen atoms in total. The van der Waals surface area contributed by atoms with Gasteiger partial charge in [-0.1, -0.05) is 48.0 Å². The number of benzene rings is 2. The first kappa shape index (κ1) is 23.0. The standard InChI is InChI=1S/C20H22N2O7S/c1-13-7-9-15(10-8-13)30(28,29)22-16(12-18(23)24)19(25)21-17(20(26)27)11-14-5-3-2-4-6-14/h2-10,16-17,22H,11-12H2,1H3,(H,21,25)(H,23,24)(H,26,27)/t16-,17-/m0/s1. The molecule has 0 aliphatic carbocycles. The van der Waals surface area contributed by atoms with Gasteiger partial charge in [0.15, 0.2) is 0 Å². The molecular weight excluding hydrogens is 412 g/mol. The first-order valence-corrected chi connectivity index (χ1v) is 10.4. The van der Waals surface area contributed by atoms with Crippen LogP contribution in [-0.4, -0.2) is 48.6 Å². The molecule has 4 N–H and O–H groups in total. The molecular formula is C20H22N2O7S. The molecule has 0 unspecified atom stereocenters. The van der Waals surface area contributed by atoms with Crippen LogP contribution < -0.4 is 10.0 Å². The van der Waals surface area contributed by atoms with Crippen molar-refractivity contribution in [2.75, 3.05) is 0 Å². The molecule has 0 aliphatic rings. The number of carboxylic acid groups (broad SMARTS) is 2. The lowest BCUT2D eigenvalue weighted by Crippen LogP contribution is -2.52. The van der Waals surface area contributed by atoms with Crippen molar-refractivity contribution < 1.29 is 33.0 Å². The Morgan fingerprint density at radius 2 is 1.53 bits per heavy atom. The van der Waals surface area contributed by atoms with Crippen molar-refractivity contribution in [3.05, 3.63) is 65.7 Å². The summed E-state index contributed by atoms with van der Waals surface area (Å²) >= 11 is 0. The van der Waals surface area contributed by atoms with E-state index in [1.165, 1.54) is 12.1 Å². The maximum Gasteiger partial charge on any atom is 0.326 e. The van der Waals surface area contributed by atoms with Gasteiger partial charge >= 0.3 is 11.9 Å². The number of carbonyl (C=O) groups excluding carboxylic acids is 1. The van der Waals surface area contributed by atoms with Gasteiger partial charge in [0.05, 0.1) is 11.3 Å². The highest BCUT2D eigenvalue weighted by Crippen LogP contribution is 2.12. The first-order chi connectivity index (χ1) is 14.1. The van der Waals surface area contributed by atoms with E-state index in [-0.39, 0.29) is 11.3 Å². The summed E-state index contributed by atoms with van der Waals surface area (Å²) in [6, 6.07) is 11.2. The summed E-state index contributed by atoms with van der Waals surface area (Å²) in [5.41, 5.74) is 1.46.